The second kappa shape index (κ2) is 7.22. The zero-order valence-corrected chi connectivity index (χ0v) is 10.7. The third-order valence-electron chi connectivity index (χ3n) is 2.35. The summed E-state index contributed by atoms with van der Waals surface area (Å²) in [5.74, 6) is 0.544. The van der Waals surface area contributed by atoms with Gasteiger partial charge in [0.15, 0.2) is 6.61 Å². The lowest BCUT2D eigenvalue weighted by molar-refractivity contribution is 0.367. The predicted octanol–water partition coefficient (Wildman–Crippen LogP) is 2.78. The standard InChI is InChI=1S/C13H11N3OS/c1-18-13(4-5-14)12-8-11(17-7-6-15)3-2-10(12)9-16/h2-3,8,13H,4,7H2,1H3. The summed E-state index contributed by atoms with van der Waals surface area (Å²) in [4.78, 5) is 0. The molecule has 5 heteroatoms. The van der Waals surface area contributed by atoms with Gasteiger partial charge in [0.25, 0.3) is 0 Å². The lowest BCUT2D eigenvalue weighted by atomic mass is 10.0. The van der Waals surface area contributed by atoms with Crippen molar-refractivity contribution >= 4 is 11.8 Å². The number of hydrogen-bond donors (Lipinski definition) is 0. The Labute approximate surface area is 110 Å². The Morgan fingerprint density at radius 3 is 2.61 bits per heavy atom. The Morgan fingerprint density at radius 1 is 1.28 bits per heavy atom. The van der Waals surface area contributed by atoms with E-state index in [9.17, 15) is 0 Å². The molecule has 0 aliphatic rings. The first-order valence-electron chi connectivity index (χ1n) is 5.20. The molecule has 0 aromatic heterocycles. The SMILES string of the molecule is CSC(CC#N)c1cc(OCC#N)ccc1C#N. The van der Waals surface area contributed by atoms with E-state index in [0.717, 1.165) is 5.56 Å². The predicted molar refractivity (Wildman–Crippen MR) is 68.8 cm³/mol. The molecule has 0 aliphatic heterocycles. The van der Waals surface area contributed by atoms with Crippen molar-refractivity contribution in [3.63, 3.8) is 0 Å². The molecule has 0 fully saturated rings. The molecule has 0 radical (unpaired) electrons. The van der Waals surface area contributed by atoms with E-state index in [-0.39, 0.29) is 11.9 Å². The van der Waals surface area contributed by atoms with Crippen LogP contribution in [0, 0.1) is 34.0 Å². The van der Waals surface area contributed by atoms with Gasteiger partial charge in [-0.1, -0.05) is 0 Å². The lowest BCUT2D eigenvalue weighted by Crippen LogP contribution is -1.99. The molecule has 4 nitrogen and oxygen atoms in total. The molecule has 1 unspecified atom stereocenters. The molecule has 0 saturated heterocycles. The van der Waals surface area contributed by atoms with E-state index in [1.165, 1.54) is 11.8 Å². The highest BCUT2D eigenvalue weighted by molar-refractivity contribution is 7.98. The molecule has 0 bridgehead atoms. The summed E-state index contributed by atoms with van der Waals surface area (Å²) in [6.07, 6.45) is 2.23. The molecule has 0 spiro atoms. The normalized spacial score (nSPS) is 10.8. The molecule has 0 aliphatic carbocycles. The van der Waals surface area contributed by atoms with Crippen molar-refractivity contribution in [3.8, 4) is 24.0 Å². The highest BCUT2D eigenvalue weighted by Crippen LogP contribution is 2.34. The Hall–Kier alpha value is -2.16. The van der Waals surface area contributed by atoms with Gasteiger partial charge in [-0.15, -0.1) is 0 Å². The third kappa shape index (κ3) is 3.42. The smallest absolute Gasteiger partial charge is 0.174 e. The van der Waals surface area contributed by atoms with Crippen LogP contribution < -0.4 is 4.74 Å². The van der Waals surface area contributed by atoms with Crippen molar-refractivity contribution in [2.24, 2.45) is 0 Å². The van der Waals surface area contributed by atoms with Crippen molar-refractivity contribution in [2.75, 3.05) is 12.9 Å². The first kappa shape index (κ1) is 13.9. The van der Waals surface area contributed by atoms with Crippen LogP contribution in [0.5, 0.6) is 5.75 Å². The van der Waals surface area contributed by atoms with Crippen molar-refractivity contribution in [1.82, 2.24) is 0 Å². The summed E-state index contributed by atoms with van der Waals surface area (Å²) in [5.41, 5.74) is 1.32. The summed E-state index contributed by atoms with van der Waals surface area (Å²) < 4.78 is 5.21. The van der Waals surface area contributed by atoms with E-state index < -0.39 is 0 Å². The Kier molecular flexibility index (Phi) is 5.58. The first-order chi connectivity index (χ1) is 8.76. The number of hydrogen-bond acceptors (Lipinski definition) is 5. The first-order valence-corrected chi connectivity index (χ1v) is 6.49. The maximum atomic E-state index is 9.06. The quantitative estimate of drug-likeness (QED) is 0.810. The molecule has 1 aromatic carbocycles. The van der Waals surface area contributed by atoms with Crippen LogP contribution in [0.4, 0.5) is 0 Å². The Bertz CT molecular complexity index is 537. The number of rotatable bonds is 5. The number of nitriles is 3. The second-order valence-corrected chi connectivity index (χ2v) is 4.43. The molecular formula is C13H11N3OS. The monoisotopic (exact) mass is 257 g/mol. The van der Waals surface area contributed by atoms with Crippen LogP contribution in [-0.4, -0.2) is 12.9 Å². The van der Waals surface area contributed by atoms with Crippen LogP contribution in [0.1, 0.15) is 22.8 Å². The van der Waals surface area contributed by atoms with E-state index in [2.05, 4.69) is 12.1 Å². The molecule has 18 heavy (non-hydrogen) atoms. The van der Waals surface area contributed by atoms with Gasteiger partial charge in [-0.2, -0.15) is 27.5 Å². The van der Waals surface area contributed by atoms with Crippen molar-refractivity contribution in [3.05, 3.63) is 29.3 Å². The van der Waals surface area contributed by atoms with Gasteiger partial charge in [-0.05, 0) is 30.0 Å². The molecular weight excluding hydrogens is 246 g/mol. The summed E-state index contributed by atoms with van der Waals surface area (Å²) >= 11 is 1.52. The minimum Gasteiger partial charge on any atom is -0.479 e. The summed E-state index contributed by atoms with van der Waals surface area (Å²) in [7, 11) is 0. The third-order valence-corrected chi connectivity index (χ3v) is 3.34. The van der Waals surface area contributed by atoms with Gasteiger partial charge in [0, 0.05) is 5.25 Å². The van der Waals surface area contributed by atoms with Gasteiger partial charge < -0.3 is 4.74 Å². The number of thioether (sulfide) groups is 1. The lowest BCUT2D eigenvalue weighted by Gasteiger charge is -2.14. The van der Waals surface area contributed by atoms with E-state index in [1.54, 1.807) is 18.2 Å². The average Bonchev–Trinajstić information content (AvgIpc) is 2.42. The number of nitrogens with zero attached hydrogens (tertiary/aromatic N) is 3. The molecule has 90 valence electrons. The van der Waals surface area contributed by atoms with Crippen LogP contribution in [0.3, 0.4) is 0 Å². The van der Waals surface area contributed by atoms with Crippen LogP contribution in [-0.2, 0) is 0 Å². The highest BCUT2D eigenvalue weighted by atomic mass is 32.2. The average molecular weight is 257 g/mol. The fourth-order valence-electron chi connectivity index (χ4n) is 1.52. The second-order valence-electron chi connectivity index (χ2n) is 3.39. The maximum Gasteiger partial charge on any atom is 0.174 e. The topological polar surface area (TPSA) is 80.6 Å². The fraction of sp³-hybridized carbons (Fsp3) is 0.308. The van der Waals surface area contributed by atoms with Gasteiger partial charge in [0.05, 0.1) is 24.1 Å². The maximum absolute atomic E-state index is 9.06. The van der Waals surface area contributed by atoms with Crippen LogP contribution in [0.25, 0.3) is 0 Å². The van der Waals surface area contributed by atoms with Crippen LogP contribution >= 0.6 is 11.8 Å². The van der Waals surface area contributed by atoms with Crippen molar-refractivity contribution in [1.29, 1.82) is 15.8 Å². The highest BCUT2D eigenvalue weighted by Gasteiger charge is 2.15. The molecule has 0 N–H and O–H groups in total. The van der Waals surface area contributed by atoms with Crippen LogP contribution in [0.15, 0.2) is 18.2 Å². The van der Waals surface area contributed by atoms with E-state index in [4.69, 9.17) is 20.5 Å². The van der Waals surface area contributed by atoms with Gasteiger partial charge in [0.2, 0.25) is 0 Å². The van der Waals surface area contributed by atoms with E-state index >= 15 is 0 Å². The van der Waals surface area contributed by atoms with Crippen molar-refractivity contribution < 1.29 is 4.74 Å². The van der Waals surface area contributed by atoms with Gasteiger partial charge in [0.1, 0.15) is 11.8 Å². The summed E-state index contributed by atoms with van der Waals surface area (Å²) in [6, 6.07) is 11.1. The zero-order valence-electron chi connectivity index (χ0n) is 9.88. The molecule has 0 heterocycles. The van der Waals surface area contributed by atoms with Gasteiger partial charge in [-0.25, -0.2) is 0 Å². The van der Waals surface area contributed by atoms with Crippen molar-refractivity contribution in [2.45, 2.75) is 11.7 Å². The summed E-state index contributed by atoms with van der Waals surface area (Å²) in [6.45, 7) is -0.0342. The minimum atomic E-state index is -0.0599. The Morgan fingerprint density at radius 2 is 2.06 bits per heavy atom. The molecule has 0 amide bonds. The zero-order chi connectivity index (χ0) is 13.4. The van der Waals surface area contributed by atoms with E-state index in [1.807, 2.05) is 12.3 Å². The largest absolute Gasteiger partial charge is 0.479 e. The van der Waals surface area contributed by atoms with Crippen LogP contribution in [0.2, 0.25) is 0 Å². The molecule has 0 saturated carbocycles. The summed E-state index contributed by atoms with van der Waals surface area (Å²) in [5, 5.41) is 26.2. The van der Waals surface area contributed by atoms with Gasteiger partial charge in [-0.3, -0.25) is 0 Å². The number of benzene rings is 1. The number of ether oxygens (including phenoxy) is 1. The molecule has 1 rings (SSSR count). The van der Waals surface area contributed by atoms with Gasteiger partial charge >= 0.3 is 0 Å². The minimum absolute atomic E-state index is 0.0342. The fourth-order valence-corrected chi connectivity index (χ4v) is 2.21. The van der Waals surface area contributed by atoms with E-state index in [0.29, 0.717) is 17.7 Å². The molecule has 1 aromatic rings. The Balaban J connectivity index is 3.10. The molecule has 1 atom stereocenters.